The van der Waals surface area contributed by atoms with Gasteiger partial charge in [-0.05, 0) is 13.8 Å². The van der Waals surface area contributed by atoms with Gasteiger partial charge in [0.1, 0.15) is 0 Å². The monoisotopic (exact) mass is 298 g/mol. The first kappa shape index (κ1) is 14.0. The van der Waals surface area contributed by atoms with Gasteiger partial charge < -0.3 is 5.32 Å². The lowest BCUT2D eigenvalue weighted by molar-refractivity contribution is 0.0947. The molecule has 0 spiro atoms. The van der Waals surface area contributed by atoms with Crippen LogP contribution in [0.4, 0.5) is 0 Å². The highest BCUT2D eigenvalue weighted by molar-refractivity contribution is 7.09. The fraction of sp³-hybridized carbons (Fsp3) is 0.417. The summed E-state index contributed by atoms with van der Waals surface area (Å²) < 4.78 is 0. The van der Waals surface area contributed by atoms with Crippen LogP contribution in [-0.4, -0.2) is 27.6 Å². The highest BCUT2D eigenvalue weighted by atomic mass is 35.5. The molecule has 1 atom stereocenters. The number of halogens is 1. The summed E-state index contributed by atoms with van der Waals surface area (Å²) in [5.74, 6) is -0.101. The molecule has 0 unspecified atom stereocenters. The second kappa shape index (κ2) is 5.71. The Morgan fingerprint density at radius 3 is 2.84 bits per heavy atom. The van der Waals surface area contributed by atoms with E-state index in [-0.39, 0.29) is 17.5 Å². The summed E-state index contributed by atoms with van der Waals surface area (Å²) in [4.78, 5) is 16.3. The van der Waals surface area contributed by atoms with Gasteiger partial charge in [-0.15, -0.1) is 11.3 Å². The molecule has 2 N–H and O–H groups in total. The number of carbonyl (C=O) groups excluding carboxylic acids is 1. The number of aromatic nitrogens is 3. The number of rotatable bonds is 4. The molecule has 19 heavy (non-hydrogen) atoms. The zero-order valence-corrected chi connectivity index (χ0v) is 12.5. The van der Waals surface area contributed by atoms with Crippen LogP contribution in [0.5, 0.6) is 0 Å². The van der Waals surface area contributed by atoms with Crippen LogP contribution in [-0.2, 0) is 0 Å². The first-order chi connectivity index (χ1) is 8.99. The van der Waals surface area contributed by atoms with Crippen LogP contribution in [0, 0.1) is 13.8 Å². The molecule has 102 valence electrons. The molecule has 2 heterocycles. The standard InChI is InChI=1S/C12H15ClN4OS/c1-6(12-15-7(2)5-19-12)4-14-11(18)10-9(13)8(3)16-17-10/h5-6H,4H2,1-3H3,(H,14,18)(H,16,17)/t6-/m0/s1. The number of aryl methyl sites for hydroxylation is 2. The summed E-state index contributed by atoms with van der Waals surface area (Å²) in [5, 5.41) is 12.8. The Bertz CT molecular complexity index is 592. The Hall–Kier alpha value is -1.40. The van der Waals surface area contributed by atoms with E-state index in [0.29, 0.717) is 17.3 Å². The average molecular weight is 299 g/mol. The van der Waals surface area contributed by atoms with Crippen molar-refractivity contribution < 1.29 is 4.79 Å². The molecule has 0 saturated carbocycles. The van der Waals surface area contributed by atoms with Crippen LogP contribution < -0.4 is 5.32 Å². The predicted octanol–water partition coefficient (Wildman–Crippen LogP) is 2.67. The van der Waals surface area contributed by atoms with E-state index in [1.807, 2.05) is 19.2 Å². The van der Waals surface area contributed by atoms with Crippen LogP contribution in [0.2, 0.25) is 5.02 Å². The molecule has 0 aliphatic carbocycles. The quantitative estimate of drug-likeness (QED) is 0.911. The van der Waals surface area contributed by atoms with Gasteiger partial charge in [0.25, 0.3) is 5.91 Å². The van der Waals surface area contributed by atoms with Crippen molar-refractivity contribution in [1.29, 1.82) is 0 Å². The zero-order valence-electron chi connectivity index (χ0n) is 11.0. The van der Waals surface area contributed by atoms with Crippen molar-refractivity contribution in [1.82, 2.24) is 20.5 Å². The minimum absolute atomic E-state index is 0.168. The highest BCUT2D eigenvalue weighted by Crippen LogP contribution is 2.20. The Morgan fingerprint density at radius 1 is 1.58 bits per heavy atom. The number of hydrogen-bond donors (Lipinski definition) is 2. The Balaban J connectivity index is 1.95. The van der Waals surface area contributed by atoms with Gasteiger partial charge in [0.15, 0.2) is 5.69 Å². The third kappa shape index (κ3) is 3.13. The number of H-pyrrole nitrogens is 1. The summed E-state index contributed by atoms with van der Waals surface area (Å²) >= 11 is 7.58. The Morgan fingerprint density at radius 2 is 2.32 bits per heavy atom. The number of aromatic amines is 1. The van der Waals surface area contributed by atoms with Crippen molar-refractivity contribution in [3.63, 3.8) is 0 Å². The van der Waals surface area contributed by atoms with Gasteiger partial charge in [-0.1, -0.05) is 18.5 Å². The van der Waals surface area contributed by atoms with Crippen LogP contribution in [0.25, 0.3) is 0 Å². The molecule has 5 nitrogen and oxygen atoms in total. The highest BCUT2D eigenvalue weighted by Gasteiger charge is 2.17. The molecule has 0 fully saturated rings. The molecular formula is C12H15ClN4OS. The predicted molar refractivity (Wildman–Crippen MR) is 75.9 cm³/mol. The van der Waals surface area contributed by atoms with E-state index >= 15 is 0 Å². The van der Waals surface area contributed by atoms with Gasteiger partial charge in [-0.2, -0.15) is 5.10 Å². The van der Waals surface area contributed by atoms with E-state index in [4.69, 9.17) is 11.6 Å². The summed E-state index contributed by atoms with van der Waals surface area (Å²) in [6.45, 7) is 6.26. The first-order valence-corrected chi connectivity index (χ1v) is 7.15. The molecule has 2 rings (SSSR count). The van der Waals surface area contributed by atoms with Crippen LogP contribution in [0.3, 0.4) is 0 Å². The lowest BCUT2D eigenvalue weighted by Crippen LogP contribution is -2.28. The second-order valence-electron chi connectivity index (χ2n) is 4.45. The number of hydrogen-bond acceptors (Lipinski definition) is 4. The molecule has 0 bridgehead atoms. The van der Waals surface area contributed by atoms with Crippen molar-refractivity contribution in [2.45, 2.75) is 26.7 Å². The van der Waals surface area contributed by atoms with Gasteiger partial charge >= 0.3 is 0 Å². The minimum atomic E-state index is -0.269. The maximum atomic E-state index is 11.9. The normalized spacial score (nSPS) is 12.4. The molecule has 0 aliphatic rings. The third-order valence-electron chi connectivity index (χ3n) is 2.71. The van der Waals surface area contributed by atoms with Crippen molar-refractivity contribution in [2.24, 2.45) is 0 Å². The molecule has 2 aromatic rings. The van der Waals surface area contributed by atoms with E-state index in [1.54, 1.807) is 18.3 Å². The maximum Gasteiger partial charge on any atom is 0.273 e. The van der Waals surface area contributed by atoms with Crippen molar-refractivity contribution in [3.8, 4) is 0 Å². The van der Waals surface area contributed by atoms with E-state index in [2.05, 4.69) is 20.5 Å². The van der Waals surface area contributed by atoms with Crippen LogP contribution in [0.1, 0.15) is 39.7 Å². The van der Waals surface area contributed by atoms with Gasteiger partial charge in [0.2, 0.25) is 0 Å². The van der Waals surface area contributed by atoms with Crippen LogP contribution >= 0.6 is 22.9 Å². The lowest BCUT2D eigenvalue weighted by Gasteiger charge is -2.09. The van der Waals surface area contributed by atoms with Crippen molar-refractivity contribution in [2.75, 3.05) is 6.54 Å². The molecular weight excluding hydrogens is 284 g/mol. The topological polar surface area (TPSA) is 70.7 Å². The second-order valence-corrected chi connectivity index (χ2v) is 5.72. The van der Waals surface area contributed by atoms with Crippen molar-refractivity contribution >= 4 is 28.8 Å². The summed E-state index contributed by atoms with van der Waals surface area (Å²) in [5.41, 5.74) is 1.93. The number of amides is 1. The first-order valence-electron chi connectivity index (χ1n) is 5.89. The van der Waals surface area contributed by atoms with Gasteiger partial charge in [0.05, 0.1) is 15.7 Å². The Labute approximate surface area is 120 Å². The van der Waals surface area contributed by atoms with Crippen LogP contribution in [0.15, 0.2) is 5.38 Å². The summed E-state index contributed by atoms with van der Waals surface area (Å²) in [6.07, 6.45) is 0. The molecule has 0 aliphatic heterocycles. The van der Waals surface area contributed by atoms with E-state index < -0.39 is 0 Å². The molecule has 1 amide bonds. The number of nitrogens with zero attached hydrogens (tertiary/aromatic N) is 2. The van der Waals surface area contributed by atoms with E-state index in [1.165, 1.54) is 0 Å². The average Bonchev–Trinajstić information content (AvgIpc) is 2.94. The van der Waals surface area contributed by atoms with Gasteiger partial charge in [-0.25, -0.2) is 4.98 Å². The lowest BCUT2D eigenvalue weighted by atomic mass is 10.2. The molecule has 2 aromatic heterocycles. The fourth-order valence-corrected chi connectivity index (χ4v) is 2.61. The SMILES string of the molecule is Cc1csc([C@@H](C)CNC(=O)c2n[nH]c(C)c2Cl)n1. The fourth-order valence-electron chi connectivity index (χ4n) is 1.58. The third-order valence-corrected chi connectivity index (χ3v) is 4.37. The Kier molecular flexibility index (Phi) is 4.21. The maximum absolute atomic E-state index is 11.9. The molecule has 0 radical (unpaired) electrons. The van der Waals surface area contributed by atoms with Crippen molar-refractivity contribution in [3.05, 3.63) is 32.5 Å². The smallest absolute Gasteiger partial charge is 0.273 e. The number of carbonyl (C=O) groups is 1. The molecule has 7 heteroatoms. The minimum Gasteiger partial charge on any atom is -0.350 e. The largest absolute Gasteiger partial charge is 0.350 e. The molecule has 0 aromatic carbocycles. The van der Waals surface area contributed by atoms with Gasteiger partial charge in [-0.3, -0.25) is 9.89 Å². The number of thiazole rings is 1. The summed E-state index contributed by atoms with van der Waals surface area (Å²) in [6, 6.07) is 0. The van der Waals surface area contributed by atoms with E-state index in [9.17, 15) is 4.79 Å². The number of nitrogens with one attached hydrogen (secondary N) is 2. The summed E-state index contributed by atoms with van der Waals surface area (Å²) in [7, 11) is 0. The van der Waals surface area contributed by atoms with Gasteiger partial charge in [0, 0.05) is 23.5 Å². The van der Waals surface area contributed by atoms with E-state index in [0.717, 1.165) is 10.7 Å². The zero-order chi connectivity index (χ0) is 14.0. The molecule has 0 saturated heterocycles.